The smallest absolute Gasteiger partial charge is 0.257 e. The summed E-state index contributed by atoms with van der Waals surface area (Å²) in [6, 6.07) is 4.61. The Kier molecular flexibility index (Phi) is 6.39. The third-order valence-corrected chi connectivity index (χ3v) is 7.36. The number of piperidine rings is 1. The molecule has 7 nitrogen and oxygen atoms in total. The molecule has 0 aromatic heterocycles. The first-order valence-electron chi connectivity index (χ1n) is 9.67. The summed E-state index contributed by atoms with van der Waals surface area (Å²) in [5, 5.41) is 0. The molecule has 1 aromatic carbocycles. The van der Waals surface area contributed by atoms with E-state index in [0.29, 0.717) is 37.5 Å². The van der Waals surface area contributed by atoms with Crippen molar-refractivity contribution in [3.63, 3.8) is 0 Å². The molecule has 0 N–H and O–H groups in total. The number of carbonyl (C=O) groups is 1. The van der Waals surface area contributed by atoms with Crippen LogP contribution in [0.3, 0.4) is 0 Å². The van der Waals surface area contributed by atoms with Crippen LogP contribution in [0.4, 0.5) is 0 Å². The van der Waals surface area contributed by atoms with Crippen molar-refractivity contribution in [2.24, 2.45) is 0 Å². The second kappa shape index (κ2) is 8.58. The minimum absolute atomic E-state index is 0.153. The molecule has 0 saturated carbocycles. The Morgan fingerprint density at radius 2 is 1.70 bits per heavy atom. The number of likely N-dealkylation sites (tertiary alicyclic amines) is 1. The van der Waals surface area contributed by atoms with E-state index in [1.54, 1.807) is 11.0 Å². The van der Waals surface area contributed by atoms with Gasteiger partial charge in [0.1, 0.15) is 5.75 Å². The Labute approximate surface area is 161 Å². The first-order valence-corrected chi connectivity index (χ1v) is 11.1. The Balaban J connectivity index is 1.86. The summed E-state index contributed by atoms with van der Waals surface area (Å²) < 4.78 is 33.0. The maximum atomic E-state index is 13.1. The standard InChI is InChI=1S/C19H29N3O4S/c1-3-20-11-13-22(14-12-20)27(24,25)16-7-8-18(26-2)17(15-16)19(23)21-9-5-4-6-10-21/h7-8,15H,3-6,9-14H2,1-2H3. The van der Waals surface area contributed by atoms with Gasteiger partial charge in [-0.1, -0.05) is 6.92 Å². The average molecular weight is 396 g/mol. The molecule has 2 aliphatic heterocycles. The number of hydrogen-bond acceptors (Lipinski definition) is 5. The first-order chi connectivity index (χ1) is 13.0. The number of piperazine rings is 1. The van der Waals surface area contributed by atoms with Crippen LogP contribution in [-0.2, 0) is 10.0 Å². The van der Waals surface area contributed by atoms with Gasteiger partial charge in [0.2, 0.25) is 10.0 Å². The van der Waals surface area contributed by atoms with E-state index in [9.17, 15) is 13.2 Å². The fourth-order valence-corrected chi connectivity index (χ4v) is 5.17. The highest BCUT2D eigenvalue weighted by Gasteiger charge is 2.30. The topological polar surface area (TPSA) is 70.2 Å². The molecule has 3 rings (SSSR count). The molecule has 2 heterocycles. The van der Waals surface area contributed by atoms with Crippen molar-refractivity contribution in [3.05, 3.63) is 23.8 Å². The van der Waals surface area contributed by atoms with Gasteiger partial charge in [0, 0.05) is 39.3 Å². The van der Waals surface area contributed by atoms with E-state index in [1.807, 2.05) is 0 Å². The number of ether oxygens (including phenoxy) is 1. The summed E-state index contributed by atoms with van der Waals surface area (Å²) >= 11 is 0. The Bertz CT molecular complexity index is 767. The number of benzene rings is 1. The zero-order chi connectivity index (χ0) is 19.4. The molecule has 0 radical (unpaired) electrons. The summed E-state index contributed by atoms with van der Waals surface area (Å²) in [6.07, 6.45) is 3.08. The van der Waals surface area contributed by atoms with Crippen LogP contribution in [0, 0.1) is 0 Å². The van der Waals surface area contributed by atoms with Gasteiger partial charge in [-0.25, -0.2) is 8.42 Å². The van der Waals surface area contributed by atoms with Gasteiger partial charge in [-0.15, -0.1) is 0 Å². The SMILES string of the molecule is CCN1CCN(S(=O)(=O)c2ccc(OC)c(C(=O)N3CCCCC3)c2)CC1. The second-order valence-corrected chi connectivity index (χ2v) is 8.99. The van der Waals surface area contributed by atoms with E-state index in [-0.39, 0.29) is 10.8 Å². The number of rotatable bonds is 5. The molecule has 2 fully saturated rings. The summed E-state index contributed by atoms with van der Waals surface area (Å²) in [5.41, 5.74) is 0.327. The molecule has 1 aromatic rings. The molecule has 27 heavy (non-hydrogen) atoms. The van der Waals surface area contributed by atoms with Crippen LogP contribution in [0.25, 0.3) is 0 Å². The van der Waals surface area contributed by atoms with Crippen molar-refractivity contribution in [1.82, 2.24) is 14.1 Å². The van der Waals surface area contributed by atoms with Gasteiger partial charge in [0.25, 0.3) is 5.91 Å². The zero-order valence-electron chi connectivity index (χ0n) is 16.2. The molecule has 2 saturated heterocycles. The molecule has 1 amide bonds. The number of amides is 1. The van der Waals surface area contributed by atoms with E-state index in [4.69, 9.17) is 4.74 Å². The fraction of sp³-hybridized carbons (Fsp3) is 0.632. The van der Waals surface area contributed by atoms with Crippen LogP contribution in [0.15, 0.2) is 23.1 Å². The van der Waals surface area contributed by atoms with Crippen LogP contribution >= 0.6 is 0 Å². The minimum atomic E-state index is -3.63. The lowest BCUT2D eigenvalue weighted by Crippen LogP contribution is -2.48. The van der Waals surface area contributed by atoms with Gasteiger partial charge in [-0.2, -0.15) is 4.31 Å². The van der Waals surface area contributed by atoms with Gasteiger partial charge in [-0.3, -0.25) is 4.79 Å². The number of hydrogen-bond donors (Lipinski definition) is 0. The number of sulfonamides is 1. The Hall–Kier alpha value is -1.64. The predicted molar refractivity (Wildman–Crippen MR) is 104 cm³/mol. The number of carbonyl (C=O) groups excluding carboxylic acids is 1. The van der Waals surface area contributed by atoms with Crippen molar-refractivity contribution < 1.29 is 17.9 Å². The molecule has 0 bridgehead atoms. The molecule has 0 unspecified atom stereocenters. The Morgan fingerprint density at radius 1 is 1.04 bits per heavy atom. The molecule has 0 spiro atoms. The normalized spacial score (nSPS) is 19.9. The fourth-order valence-electron chi connectivity index (χ4n) is 3.72. The van der Waals surface area contributed by atoms with E-state index >= 15 is 0 Å². The van der Waals surface area contributed by atoms with Crippen LogP contribution in [0.1, 0.15) is 36.5 Å². The highest BCUT2D eigenvalue weighted by atomic mass is 32.2. The monoisotopic (exact) mass is 395 g/mol. The van der Waals surface area contributed by atoms with Gasteiger partial charge in [0.15, 0.2) is 0 Å². The van der Waals surface area contributed by atoms with Crippen LogP contribution in [-0.4, -0.2) is 81.4 Å². The molecule has 0 aliphatic carbocycles. The summed E-state index contributed by atoms with van der Waals surface area (Å²) in [6.45, 7) is 6.80. The molecular formula is C19H29N3O4S. The third kappa shape index (κ3) is 4.28. The van der Waals surface area contributed by atoms with Crippen LogP contribution in [0.5, 0.6) is 5.75 Å². The van der Waals surface area contributed by atoms with Crippen molar-refractivity contribution in [1.29, 1.82) is 0 Å². The van der Waals surface area contributed by atoms with E-state index in [1.165, 1.54) is 23.5 Å². The third-order valence-electron chi connectivity index (χ3n) is 5.46. The highest BCUT2D eigenvalue weighted by molar-refractivity contribution is 7.89. The van der Waals surface area contributed by atoms with Crippen LogP contribution in [0.2, 0.25) is 0 Å². The van der Waals surface area contributed by atoms with Gasteiger partial charge in [-0.05, 0) is 44.0 Å². The number of nitrogens with zero attached hydrogens (tertiary/aromatic N) is 3. The number of likely N-dealkylation sites (N-methyl/N-ethyl adjacent to an activating group) is 1. The lowest BCUT2D eigenvalue weighted by Gasteiger charge is -2.33. The van der Waals surface area contributed by atoms with E-state index < -0.39 is 10.0 Å². The maximum Gasteiger partial charge on any atom is 0.257 e. The molecule has 150 valence electrons. The predicted octanol–water partition coefficient (Wildman–Crippen LogP) is 1.65. The number of methoxy groups -OCH3 is 1. The second-order valence-electron chi connectivity index (χ2n) is 7.05. The minimum Gasteiger partial charge on any atom is -0.496 e. The van der Waals surface area contributed by atoms with Gasteiger partial charge in [0.05, 0.1) is 17.6 Å². The van der Waals surface area contributed by atoms with Crippen molar-refractivity contribution in [2.75, 3.05) is 52.9 Å². The quantitative estimate of drug-likeness (QED) is 0.758. The summed E-state index contributed by atoms with van der Waals surface area (Å²) in [4.78, 5) is 17.1. The maximum absolute atomic E-state index is 13.1. The van der Waals surface area contributed by atoms with Crippen molar-refractivity contribution >= 4 is 15.9 Å². The lowest BCUT2D eigenvalue weighted by molar-refractivity contribution is 0.0720. The molecule has 0 atom stereocenters. The van der Waals surface area contributed by atoms with E-state index in [2.05, 4.69) is 11.8 Å². The van der Waals surface area contributed by atoms with Crippen LogP contribution < -0.4 is 4.74 Å². The summed E-state index contributed by atoms with van der Waals surface area (Å²) in [5.74, 6) is 0.264. The van der Waals surface area contributed by atoms with Gasteiger partial charge >= 0.3 is 0 Å². The average Bonchev–Trinajstić information content (AvgIpc) is 2.73. The Morgan fingerprint density at radius 3 is 2.30 bits per heavy atom. The molecule has 2 aliphatic rings. The van der Waals surface area contributed by atoms with Crippen molar-refractivity contribution in [2.45, 2.75) is 31.1 Å². The van der Waals surface area contributed by atoms with E-state index in [0.717, 1.165) is 38.9 Å². The summed E-state index contributed by atoms with van der Waals surface area (Å²) in [7, 11) is -2.12. The highest BCUT2D eigenvalue weighted by Crippen LogP contribution is 2.27. The zero-order valence-corrected chi connectivity index (χ0v) is 17.0. The molecular weight excluding hydrogens is 366 g/mol. The van der Waals surface area contributed by atoms with Crippen molar-refractivity contribution in [3.8, 4) is 5.75 Å². The first kappa shape index (κ1) is 20.1. The van der Waals surface area contributed by atoms with Gasteiger partial charge < -0.3 is 14.5 Å². The molecule has 8 heteroatoms. The largest absolute Gasteiger partial charge is 0.496 e. The lowest BCUT2D eigenvalue weighted by atomic mass is 10.1.